The number of unbranched alkanes of at least 4 members (excludes halogenated alkanes) is 19. The van der Waals surface area contributed by atoms with E-state index >= 15 is 0 Å². The zero-order chi connectivity index (χ0) is 36.0. The summed E-state index contributed by atoms with van der Waals surface area (Å²) in [6.45, 7) is 9.23. The first kappa shape index (κ1) is 48.2. The van der Waals surface area contributed by atoms with Gasteiger partial charge in [-0.1, -0.05) is 143 Å². The SMILES string of the molecule is CCCCCCCCCCOC(=O)CCN(CCCO)CC(CCCCCC(=O)OC(CCCCCCCC)CCCCCCCC)SO. The second kappa shape index (κ2) is 38.4. The van der Waals surface area contributed by atoms with E-state index in [1.54, 1.807) is 0 Å². The standard InChI is InChI=1S/C41H81NO6S/c1-4-7-10-13-16-17-20-26-36-47-40(44)32-34-42(33-27-35-43)37-39(49-46)30-24-21-25-31-41(45)48-38(28-22-18-14-11-8-5-2)29-23-19-15-12-9-6-3/h38-39,43,46H,4-37H2,1-3H3. The lowest BCUT2D eigenvalue weighted by molar-refractivity contribution is -0.150. The van der Waals surface area contributed by atoms with Crippen LogP contribution in [0.25, 0.3) is 0 Å². The van der Waals surface area contributed by atoms with Crippen molar-refractivity contribution >= 4 is 24.0 Å². The van der Waals surface area contributed by atoms with E-state index in [0.717, 1.165) is 76.3 Å². The van der Waals surface area contributed by atoms with Crippen LogP contribution in [0, 0.1) is 0 Å². The maximum Gasteiger partial charge on any atom is 0.307 e. The monoisotopic (exact) mass is 716 g/mol. The third-order valence-corrected chi connectivity index (χ3v) is 10.3. The summed E-state index contributed by atoms with van der Waals surface area (Å²) in [5.74, 6) is -0.224. The number of rotatable bonds is 39. The molecule has 0 amide bonds. The van der Waals surface area contributed by atoms with Gasteiger partial charge in [0.15, 0.2) is 0 Å². The molecular formula is C41H81NO6S. The Hall–Kier alpha value is -0.830. The molecule has 49 heavy (non-hydrogen) atoms. The predicted molar refractivity (Wildman–Crippen MR) is 209 cm³/mol. The van der Waals surface area contributed by atoms with E-state index in [4.69, 9.17) is 9.47 Å². The van der Waals surface area contributed by atoms with E-state index in [2.05, 4.69) is 25.7 Å². The first-order valence-electron chi connectivity index (χ1n) is 21.0. The summed E-state index contributed by atoms with van der Waals surface area (Å²) in [4.78, 5) is 27.3. The van der Waals surface area contributed by atoms with Crippen molar-refractivity contribution < 1.29 is 28.7 Å². The third kappa shape index (κ3) is 34.0. The highest BCUT2D eigenvalue weighted by Crippen LogP contribution is 2.20. The van der Waals surface area contributed by atoms with Crippen molar-refractivity contribution in [2.24, 2.45) is 0 Å². The van der Waals surface area contributed by atoms with E-state index in [9.17, 15) is 19.2 Å². The van der Waals surface area contributed by atoms with Crippen molar-refractivity contribution in [2.45, 2.75) is 218 Å². The minimum Gasteiger partial charge on any atom is -0.466 e. The molecule has 1 unspecified atom stereocenters. The summed E-state index contributed by atoms with van der Waals surface area (Å²) < 4.78 is 21.5. The van der Waals surface area contributed by atoms with Crippen LogP contribution in [0.2, 0.25) is 0 Å². The molecule has 0 aromatic carbocycles. The maximum atomic E-state index is 12.8. The lowest BCUT2D eigenvalue weighted by atomic mass is 10.0. The summed E-state index contributed by atoms with van der Waals surface area (Å²) in [5, 5.41) is 9.41. The normalized spacial score (nSPS) is 12.2. The van der Waals surface area contributed by atoms with Gasteiger partial charge in [0, 0.05) is 37.9 Å². The van der Waals surface area contributed by atoms with Crippen LogP contribution in [0.5, 0.6) is 0 Å². The fourth-order valence-electron chi connectivity index (χ4n) is 6.43. The number of carbonyl (C=O) groups is 2. The molecule has 0 aliphatic heterocycles. The van der Waals surface area contributed by atoms with Gasteiger partial charge in [-0.25, -0.2) is 0 Å². The molecular weight excluding hydrogens is 635 g/mol. The van der Waals surface area contributed by atoms with Gasteiger partial charge in [0.2, 0.25) is 0 Å². The Kier molecular flexibility index (Phi) is 37.8. The quantitative estimate of drug-likeness (QED) is 0.0369. The van der Waals surface area contributed by atoms with Crippen molar-refractivity contribution in [3.63, 3.8) is 0 Å². The highest BCUT2D eigenvalue weighted by molar-refractivity contribution is 7.94. The average Bonchev–Trinajstić information content (AvgIpc) is 3.10. The molecule has 0 aromatic heterocycles. The molecule has 0 radical (unpaired) electrons. The second-order valence-electron chi connectivity index (χ2n) is 14.4. The molecule has 0 aliphatic carbocycles. The van der Waals surface area contributed by atoms with Gasteiger partial charge in [0.25, 0.3) is 0 Å². The summed E-state index contributed by atoms with van der Waals surface area (Å²) in [6, 6.07) is 0. The van der Waals surface area contributed by atoms with Crippen molar-refractivity contribution in [3.8, 4) is 0 Å². The maximum absolute atomic E-state index is 12.8. The van der Waals surface area contributed by atoms with Gasteiger partial charge >= 0.3 is 11.9 Å². The topological polar surface area (TPSA) is 96.3 Å². The number of aliphatic hydroxyl groups excluding tert-OH is 1. The van der Waals surface area contributed by atoms with Crippen LogP contribution < -0.4 is 0 Å². The van der Waals surface area contributed by atoms with Crippen molar-refractivity contribution in [1.82, 2.24) is 4.90 Å². The predicted octanol–water partition coefficient (Wildman–Crippen LogP) is 11.7. The summed E-state index contributed by atoms with van der Waals surface area (Å²) in [7, 11) is 0. The minimum atomic E-state index is -0.168. The summed E-state index contributed by atoms with van der Waals surface area (Å²) in [6.07, 6.45) is 31.8. The van der Waals surface area contributed by atoms with E-state index < -0.39 is 0 Å². The number of esters is 2. The summed E-state index contributed by atoms with van der Waals surface area (Å²) >= 11 is 0.881. The zero-order valence-corrected chi connectivity index (χ0v) is 33.4. The van der Waals surface area contributed by atoms with Gasteiger partial charge < -0.3 is 24.0 Å². The van der Waals surface area contributed by atoms with Gasteiger partial charge in [-0.3, -0.25) is 9.59 Å². The Labute approximate surface area is 308 Å². The molecule has 7 nitrogen and oxygen atoms in total. The van der Waals surface area contributed by atoms with Gasteiger partial charge in [-0.05, 0) is 63.4 Å². The minimum absolute atomic E-state index is 0.0259. The smallest absolute Gasteiger partial charge is 0.307 e. The van der Waals surface area contributed by atoms with Crippen LogP contribution in [0.15, 0.2) is 0 Å². The highest BCUT2D eigenvalue weighted by Gasteiger charge is 2.17. The van der Waals surface area contributed by atoms with Crippen LogP contribution in [0.3, 0.4) is 0 Å². The molecule has 292 valence electrons. The van der Waals surface area contributed by atoms with E-state index in [1.165, 1.54) is 103 Å². The fourth-order valence-corrected chi connectivity index (χ4v) is 6.98. The van der Waals surface area contributed by atoms with Crippen molar-refractivity contribution in [3.05, 3.63) is 0 Å². The molecule has 0 bridgehead atoms. The molecule has 8 heteroatoms. The second-order valence-corrected chi connectivity index (χ2v) is 15.3. The Bertz CT molecular complexity index is 695. The molecule has 0 saturated heterocycles. The molecule has 0 saturated carbocycles. The number of carbonyl (C=O) groups excluding carboxylic acids is 2. The fraction of sp³-hybridized carbons (Fsp3) is 0.951. The number of nitrogens with zero attached hydrogens (tertiary/aromatic N) is 1. The van der Waals surface area contributed by atoms with Crippen LogP contribution in [0.1, 0.15) is 207 Å². The lowest BCUT2D eigenvalue weighted by Gasteiger charge is -2.25. The highest BCUT2D eigenvalue weighted by atomic mass is 32.2. The Morgan fingerprint density at radius 1 is 0.571 bits per heavy atom. The van der Waals surface area contributed by atoms with Gasteiger partial charge in [-0.15, -0.1) is 0 Å². The molecule has 0 spiro atoms. The number of hydrogen-bond acceptors (Lipinski definition) is 8. The first-order chi connectivity index (χ1) is 24.0. The molecule has 2 N–H and O–H groups in total. The van der Waals surface area contributed by atoms with Crippen LogP contribution in [-0.4, -0.2) is 70.7 Å². The van der Waals surface area contributed by atoms with E-state index in [1.807, 2.05) is 0 Å². The Morgan fingerprint density at radius 3 is 1.59 bits per heavy atom. The molecule has 0 aliphatic rings. The molecule has 0 aromatic rings. The van der Waals surface area contributed by atoms with Gasteiger partial charge in [0.05, 0.1) is 13.0 Å². The van der Waals surface area contributed by atoms with E-state index in [-0.39, 0.29) is 29.9 Å². The van der Waals surface area contributed by atoms with Crippen LogP contribution in [-0.2, 0) is 19.1 Å². The van der Waals surface area contributed by atoms with Crippen molar-refractivity contribution in [1.29, 1.82) is 0 Å². The number of ether oxygens (including phenoxy) is 2. The molecule has 0 heterocycles. The number of hydrogen-bond donors (Lipinski definition) is 2. The molecule has 0 rings (SSSR count). The largest absolute Gasteiger partial charge is 0.466 e. The first-order valence-corrected chi connectivity index (χ1v) is 21.8. The third-order valence-electron chi connectivity index (χ3n) is 9.60. The molecule has 0 fully saturated rings. The molecule has 1 atom stereocenters. The Morgan fingerprint density at radius 2 is 1.06 bits per heavy atom. The number of aliphatic hydroxyl groups is 1. The summed E-state index contributed by atoms with van der Waals surface area (Å²) in [5.41, 5.74) is 0. The lowest BCUT2D eigenvalue weighted by Crippen LogP contribution is -2.34. The van der Waals surface area contributed by atoms with E-state index in [0.29, 0.717) is 45.5 Å². The van der Waals surface area contributed by atoms with Crippen LogP contribution in [0.4, 0.5) is 0 Å². The van der Waals surface area contributed by atoms with Crippen molar-refractivity contribution in [2.75, 3.05) is 32.8 Å². The zero-order valence-electron chi connectivity index (χ0n) is 32.6. The van der Waals surface area contributed by atoms with Crippen LogP contribution >= 0.6 is 12.0 Å². The van der Waals surface area contributed by atoms with Gasteiger partial charge in [-0.2, -0.15) is 0 Å². The van der Waals surface area contributed by atoms with Gasteiger partial charge in [0.1, 0.15) is 6.10 Å². The average molecular weight is 716 g/mol. The Balaban J connectivity index is 4.39.